The number of esters is 1. The largest absolute Gasteiger partial charge is 0.489 e. The third-order valence-electron chi connectivity index (χ3n) is 5.92. The summed E-state index contributed by atoms with van der Waals surface area (Å²) in [6, 6.07) is 12.3. The van der Waals surface area contributed by atoms with Gasteiger partial charge in [-0.2, -0.15) is 13.2 Å². The Kier molecular flexibility index (Phi) is 6.86. The van der Waals surface area contributed by atoms with Crippen LogP contribution in [0.2, 0.25) is 0 Å². The van der Waals surface area contributed by atoms with E-state index in [0.29, 0.717) is 41.5 Å². The molecule has 0 bridgehead atoms. The van der Waals surface area contributed by atoms with Crippen molar-refractivity contribution in [1.82, 2.24) is 4.98 Å². The maximum absolute atomic E-state index is 13.2. The fourth-order valence-corrected chi connectivity index (χ4v) is 4.06. The number of rotatable bonds is 6. The summed E-state index contributed by atoms with van der Waals surface area (Å²) in [4.78, 5) is 18.3. The number of fused-ring (bicyclic) bond motifs is 1. The van der Waals surface area contributed by atoms with Crippen molar-refractivity contribution in [3.05, 3.63) is 82.5 Å². The standard InChI is InChI=1S/C26H26F3N3O3/c1-16-14-30-24(31-17(2)19-7-9-20(10-8-19)25(33)34-3)22-23(16)35-12-11-32(22)15-18-5-4-6-21(13-18)26(27,28)29/h4-10,13-14,17H,11-12,15H2,1-3H3,(H,30,31). The molecule has 0 radical (unpaired) electrons. The van der Waals surface area contributed by atoms with E-state index in [1.807, 2.05) is 30.9 Å². The molecule has 0 fully saturated rings. The van der Waals surface area contributed by atoms with E-state index in [4.69, 9.17) is 9.47 Å². The minimum Gasteiger partial charge on any atom is -0.489 e. The van der Waals surface area contributed by atoms with Crippen LogP contribution < -0.4 is 15.0 Å². The second kappa shape index (κ2) is 9.85. The number of nitrogens with one attached hydrogen (secondary N) is 1. The van der Waals surface area contributed by atoms with Gasteiger partial charge >= 0.3 is 12.1 Å². The molecule has 4 rings (SSSR count). The zero-order chi connectivity index (χ0) is 25.2. The first-order chi connectivity index (χ1) is 16.7. The lowest BCUT2D eigenvalue weighted by Gasteiger charge is -2.34. The van der Waals surface area contributed by atoms with Crippen LogP contribution >= 0.6 is 0 Å². The van der Waals surface area contributed by atoms with Gasteiger partial charge in [0.2, 0.25) is 0 Å². The molecule has 0 saturated heterocycles. The van der Waals surface area contributed by atoms with Crippen molar-refractivity contribution in [1.29, 1.82) is 0 Å². The van der Waals surface area contributed by atoms with Gasteiger partial charge in [-0.1, -0.05) is 24.3 Å². The second-order valence-electron chi connectivity index (χ2n) is 8.42. The number of hydrogen-bond donors (Lipinski definition) is 1. The average Bonchev–Trinajstić information content (AvgIpc) is 2.85. The van der Waals surface area contributed by atoms with Crippen molar-refractivity contribution in [3.8, 4) is 5.75 Å². The van der Waals surface area contributed by atoms with Gasteiger partial charge in [0, 0.05) is 18.3 Å². The van der Waals surface area contributed by atoms with Crippen molar-refractivity contribution in [3.63, 3.8) is 0 Å². The van der Waals surface area contributed by atoms with Gasteiger partial charge in [-0.05, 0) is 49.2 Å². The number of ether oxygens (including phenoxy) is 2. The average molecular weight is 486 g/mol. The van der Waals surface area contributed by atoms with Crippen LogP contribution in [-0.4, -0.2) is 31.2 Å². The van der Waals surface area contributed by atoms with Crippen LogP contribution in [0, 0.1) is 6.92 Å². The molecule has 184 valence electrons. The van der Waals surface area contributed by atoms with Crippen LogP contribution in [0.4, 0.5) is 24.7 Å². The van der Waals surface area contributed by atoms with Crippen LogP contribution in [0.25, 0.3) is 0 Å². The van der Waals surface area contributed by atoms with Crippen LogP contribution in [0.3, 0.4) is 0 Å². The van der Waals surface area contributed by atoms with Crippen LogP contribution in [0.5, 0.6) is 5.75 Å². The number of aromatic nitrogens is 1. The Bertz CT molecular complexity index is 1210. The quantitative estimate of drug-likeness (QED) is 0.448. The van der Waals surface area contributed by atoms with E-state index in [1.54, 1.807) is 24.4 Å². The predicted molar refractivity (Wildman–Crippen MR) is 127 cm³/mol. The van der Waals surface area contributed by atoms with Crippen molar-refractivity contribution in [2.24, 2.45) is 0 Å². The number of benzene rings is 2. The molecule has 1 aromatic heterocycles. The molecule has 1 unspecified atom stereocenters. The molecule has 1 aliphatic rings. The van der Waals surface area contributed by atoms with Crippen LogP contribution in [-0.2, 0) is 17.5 Å². The molecular formula is C26H26F3N3O3. The van der Waals surface area contributed by atoms with E-state index >= 15 is 0 Å². The number of pyridine rings is 1. The first-order valence-corrected chi connectivity index (χ1v) is 11.2. The Morgan fingerprint density at radius 1 is 1.23 bits per heavy atom. The van der Waals surface area contributed by atoms with Crippen molar-refractivity contribution in [2.45, 2.75) is 32.6 Å². The predicted octanol–water partition coefficient (Wildman–Crippen LogP) is 5.77. The summed E-state index contributed by atoms with van der Waals surface area (Å²) in [6.45, 7) is 5.05. The number of anilines is 2. The Balaban J connectivity index is 1.62. The highest BCUT2D eigenvalue weighted by atomic mass is 19.4. The highest BCUT2D eigenvalue weighted by Gasteiger charge is 2.31. The van der Waals surface area contributed by atoms with Crippen molar-refractivity contribution >= 4 is 17.5 Å². The third kappa shape index (κ3) is 5.34. The maximum Gasteiger partial charge on any atom is 0.416 e. The molecule has 1 aliphatic heterocycles. The molecule has 0 saturated carbocycles. The summed E-state index contributed by atoms with van der Waals surface area (Å²) in [5, 5.41) is 3.40. The molecule has 35 heavy (non-hydrogen) atoms. The number of carbonyl (C=O) groups is 1. The zero-order valence-corrected chi connectivity index (χ0v) is 19.6. The van der Waals surface area contributed by atoms with Gasteiger partial charge in [0.05, 0.1) is 30.8 Å². The minimum atomic E-state index is -4.40. The van der Waals surface area contributed by atoms with E-state index in [9.17, 15) is 18.0 Å². The Hall–Kier alpha value is -3.75. The number of nitrogens with zero attached hydrogens (tertiary/aromatic N) is 2. The van der Waals surface area contributed by atoms with Crippen LogP contribution in [0.1, 0.15) is 45.6 Å². The summed E-state index contributed by atoms with van der Waals surface area (Å²) in [5.74, 6) is 0.824. The first-order valence-electron chi connectivity index (χ1n) is 11.2. The van der Waals surface area contributed by atoms with E-state index in [2.05, 4.69) is 10.3 Å². The number of aryl methyl sites for hydroxylation is 1. The molecule has 9 heteroatoms. The molecule has 2 heterocycles. The Morgan fingerprint density at radius 2 is 1.97 bits per heavy atom. The first kappa shape index (κ1) is 24.4. The molecule has 0 amide bonds. The normalized spacial score (nSPS) is 14.1. The third-order valence-corrected chi connectivity index (χ3v) is 5.92. The van der Waals surface area contributed by atoms with Gasteiger partial charge in [-0.25, -0.2) is 9.78 Å². The highest BCUT2D eigenvalue weighted by molar-refractivity contribution is 5.89. The number of methoxy groups -OCH3 is 1. The molecular weight excluding hydrogens is 459 g/mol. The summed E-state index contributed by atoms with van der Waals surface area (Å²) in [5.41, 5.74) is 2.81. The van der Waals surface area contributed by atoms with Gasteiger partial charge < -0.3 is 19.7 Å². The zero-order valence-electron chi connectivity index (χ0n) is 19.6. The maximum atomic E-state index is 13.2. The number of alkyl halides is 3. The Labute approximate surface area is 201 Å². The van der Waals surface area contributed by atoms with Gasteiger partial charge in [-0.15, -0.1) is 0 Å². The second-order valence-corrected chi connectivity index (χ2v) is 8.42. The summed E-state index contributed by atoms with van der Waals surface area (Å²) in [7, 11) is 1.33. The summed E-state index contributed by atoms with van der Waals surface area (Å²) < 4.78 is 50.3. The van der Waals surface area contributed by atoms with E-state index in [1.165, 1.54) is 19.2 Å². The molecule has 1 N–H and O–H groups in total. The van der Waals surface area contributed by atoms with E-state index in [-0.39, 0.29) is 12.6 Å². The summed E-state index contributed by atoms with van der Waals surface area (Å²) >= 11 is 0. The van der Waals surface area contributed by atoms with Gasteiger partial charge in [0.1, 0.15) is 12.3 Å². The SMILES string of the molecule is COC(=O)c1ccc(C(C)Nc2ncc(C)c3c2N(Cc2cccc(C(F)(F)F)c2)CCO3)cc1. The molecule has 6 nitrogen and oxygen atoms in total. The van der Waals surface area contributed by atoms with Crippen molar-refractivity contribution < 1.29 is 27.4 Å². The molecule has 0 aliphatic carbocycles. The van der Waals surface area contributed by atoms with Gasteiger partial charge in [-0.3, -0.25) is 0 Å². The molecule has 0 spiro atoms. The lowest BCUT2D eigenvalue weighted by Crippen LogP contribution is -2.33. The van der Waals surface area contributed by atoms with Crippen molar-refractivity contribution in [2.75, 3.05) is 30.5 Å². The molecule has 3 aromatic rings. The Morgan fingerprint density at radius 3 is 2.66 bits per heavy atom. The number of hydrogen-bond acceptors (Lipinski definition) is 6. The smallest absolute Gasteiger partial charge is 0.416 e. The minimum absolute atomic E-state index is 0.168. The topological polar surface area (TPSA) is 63.7 Å². The number of carbonyl (C=O) groups excluding carboxylic acids is 1. The number of halogens is 3. The highest BCUT2D eigenvalue weighted by Crippen LogP contribution is 2.41. The van der Waals surface area contributed by atoms with Crippen LogP contribution in [0.15, 0.2) is 54.7 Å². The van der Waals surface area contributed by atoms with E-state index < -0.39 is 17.7 Å². The monoisotopic (exact) mass is 485 g/mol. The summed E-state index contributed by atoms with van der Waals surface area (Å²) in [6.07, 6.45) is -2.69. The molecule has 1 atom stereocenters. The molecule has 2 aromatic carbocycles. The van der Waals surface area contributed by atoms with E-state index in [0.717, 1.165) is 17.2 Å². The van der Waals surface area contributed by atoms with Gasteiger partial charge in [0.15, 0.2) is 11.6 Å². The van der Waals surface area contributed by atoms with Gasteiger partial charge in [0.25, 0.3) is 0 Å². The fourth-order valence-electron chi connectivity index (χ4n) is 4.06. The lowest BCUT2D eigenvalue weighted by atomic mass is 10.1. The fraction of sp³-hybridized carbons (Fsp3) is 0.308. The lowest BCUT2D eigenvalue weighted by molar-refractivity contribution is -0.137.